The molecular weight excluding hydrogens is 595 g/mol. The van der Waals surface area contributed by atoms with Crippen molar-refractivity contribution < 1.29 is 19.1 Å². The molecule has 0 spiro atoms. The maximum Gasteiger partial charge on any atom is 0.407 e. The molecule has 0 saturated carbocycles. The van der Waals surface area contributed by atoms with Crippen molar-refractivity contribution in [3.8, 4) is 0 Å². The summed E-state index contributed by atoms with van der Waals surface area (Å²) in [6.07, 6.45) is 0.904. The first kappa shape index (κ1) is 31.6. The number of aromatic nitrogens is 2. The van der Waals surface area contributed by atoms with Crippen LogP contribution in [-0.4, -0.2) is 65.9 Å². The molecule has 230 valence electrons. The standard InChI is InChI=1S/C33H37N5O4S2/c1-22-28(20-43-33-38-35-21-44-33)42-26(19-34-22)18-17-23-11-9-10-16-27(23)36-31(39)30(37-32(40)41-2)29(24-12-5-3-6-13-24)25-14-7-4-8-15-25/h3-16,21-22,26,28-30,34H,17-20H2,1-2H3,(H,36,39)(H,37,40)/t22-,26-,28-,30?/m1/s1. The van der Waals surface area contributed by atoms with E-state index >= 15 is 0 Å². The van der Waals surface area contributed by atoms with Crippen LogP contribution in [0.15, 0.2) is 94.8 Å². The van der Waals surface area contributed by atoms with Crippen molar-refractivity contribution in [2.45, 2.75) is 54.3 Å². The summed E-state index contributed by atoms with van der Waals surface area (Å²) in [6, 6.07) is 26.5. The number of benzene rings is 3. The second-order valence-electron chi connectivity index (χ2n) is 10.6. The normalized spacial score (nSPS) is 18.8. The van der Waals surface area contributed by atoms with Crippen LogP contribution in [0, 0.1) is 0 Å². The Bertz CT molecular complexity index is 1440. The van der Waals surface area contributed by atoms with E-state index in [1.807, 2.05) is 84.9 Å². The first-order valence-electron chi connectivity index (χ1n) is 14.6. The zero-order chi connectivity index (χ0) is 30.7. The van der Waals surface area contributed by atoms with E-state index in [0.717, 1.165) is 39.7 Å². The highest BCUT2D eigenvalue weighted by Gasteiger charge is 2.33. The summed E-state index contributed by atoms with van der Waals surface area (Å²) < 4.78 is 12.4. The molecule has 1 aliphatic heterocycles. The van der Waals surface area contributed by atoms with Gasteiger partial charge in [-0.15, -0.1) is 10.2 Å². The topological polar surface area (TPSA) is 114 Å². The lowest BCUT2D eigenvalue weighted by atomic mass is 9.84. The van der Waals surface area contributed by atoms with E-state index in [0.29, 0.717) is 12.1 Å². The van der Waals surface area contributed by atoms with Crippen LogP contribution < -0.4 is 16.0 Å². The predicted octanol–water partition coefficient (Wildman–Crippen LogP) is 5.50. The lowest BCUT2D eigenvalue weighted by Gasteiger charge is -2.35. The number of para-hydroxylation sites is 1. The SMILES string of the molecule is COC(=O)NC(C(=O)Nc1ccccc1CC[C@@H]1CN[C@H](C)[C@@H](CSc2nncs2)O1)C(c1ccccc1)c1ccccc1. The number of morpholine rings is 1. The van der Waals surface area contributed by atoms with E-state index in [1.54, 1.807) is 17.3 Å². The Labute approximate surface area is 266 Å². The minimum atomic E-state index is -0.932. The number of carbonyl (C=O) groups excluding carboxylic acids is 2. The largest absolute Gasteiger partial charge is 0.453 e. The molecule has 1 aliphatic rings. The van der Waals surface area contributed by atoms with E-state index in [2.05, 4.69) is 33.1 Å². The number of alkyl carbamates (subject to hydrolysis) is 1. The fourth-order valence-electron chi connectivity index (χ4n) is 5.37. The highest BCUT2D eigenvalue weighted by atomic mass is 32.2. The van der Waals surface area contributed by atoms with Gasteiger partial charge < -0.3 is 25.4 Å². The summed E-state index contributed by atoms with van der Waals surface area (Å²) in [5.41, 5.74) is 5.24. The summed E-state index contributed by atoms with van der Waals surface area (Å²) in [5, 5.41) is 17.5. The van der Waals surface area contributed by atoms with Crippen LogP contribution in [0.3, 0.4) is 0 Å². The van der Waals surface area contributed by atoms with Crippen LogP contribution in [0.1, 0.15) is 36.0 Å². The molecule has 1 fully saturated rings. The number of aryl methyl sites for hydroxylation is 1. The Kier molecular flexibility index (Phi) is 11.4. The molecule has 9 nitrogen and oxygen atoms in total. The third-order valence-corrected chi connectivity index (χ3v) is 9.66. The van der Waals surface area contributed by atoms with E-state index in [9.17, 15) is 9.59 Å². The first-order chi connectivity index (χ1) is 21.5. The number of amides is 2. The van der Waals surface area contributed by atoms with Gasteiger partial charge in [-0.05, 0) is 42.5 Å². The van der Waals surface area contributed by atoms with Crippen LogP contribution in [-0.2, 0) is 20.7 Å². The number of hydrogen-bond donors (Lipinski definition) is 3. The third kappa shape index (κ3) is 8.44. The molecule has 0 aliphatic carbocycles. The summed E-state index contributed by atoms with van der Waals surface area (Å²) >= 11 is 3.20. The number of carbonyl (C=O) groups is 2. The van der Waals surface area contributed by atoms with Crippen molar-refractivity contribution in [3.63, 3.8) is 0 Å². The van der Waals surface area contributed by atoms with Gasteiger partial charge in [0.2, 0.25) is 5.91 Å². The van der Waals surface area contributed by atoms with E-state index in [4.69, 9.17) is 9.47 Å². The van der Waals surface area contributed by atoms with E-state index in [-0.39, 0.29) is 24.2 Å². The van der Waals surface area contributed by atoms with Crippen LogP contribution in [0.5, 0.6) is 0 Å². The van der Waals surface area contributed by atoms with Gasteiger partial charge in [-0.2, -0.15) is 0 Å². The molecule has 4 aromatic rings. The van der Waals surface area contributed by atoms with Gasteiger partial charge in [-0.25, -0.2) is 4.79 Å². The van der Waals surface area contributed by atoms with Gasteiger partial charge in [-0.3, -0.25) is 4.79 Å². The summed E-state index contributed by atoms with van der Waals surface area (Å²) in [7, 11) is 1.29. The average molecular weight is 632 g/mol. The van der Waals surface area contributed by atoms with Gasteiger partial charge in [-0.1, -0.05) is 102 Å². The molecule has 0 radical (unpaired) electrons. The number of anilines is 1. The average Bonchev–Trinajstić information content (AvgIpc) is 3.59. The quantitative estimate of drug-likeness (QED) is 0.176. The number of rotatable bonds is 12. The number of hydrogen-bond acceptors (Lipinski definition) is 9. The van der Waals surface area contributed by atoms with Crippen molar-refractivity contribution in [2.75, 3.05) is 24.7 Å². The Morgan fingerprint density at radius 1 is 1.05 bits per heavy atom. The molecule has 4 atom stereocenters. The highest BCUT2D eigenvalue weighted by Crippen LogP contribution is 2.30. The zero-order valence-corrected chi connectivity index (χ0v) is 26.4. The molecule has 1 unspecified atom stereocenters. The minimum Gasteiger partial charge on any atom is -0.453 e. The van der Waals surface area contributed by atoms with Crippen LogP contribution in [0.2, 0.25) is 0 Å². The molecule has 44 heavy (non-hydrogen) atoms. The summed E-state index contributed by atoms with van der Waals surface area (Å²) in [6.45, 7) is 2.90. The lowest BCUT2D eigenvalue weighted by molar-refractivity contribution is -0.118. The smallest absolute Gasteiger partial charge is 0.407 e. The molecule has 2 heterocycles. The third-order valence-electron chi connectivity index (χ3n) is 7.71. The minimum absolute atomic E-state index is 0.0317. The fourth-order valence-corrected chi connectivity index (χ4v) is 7.03. The molecule has 3 aromatic carbocycles. The van der Waals surface area contributed by atoms with Crippen molar-refractivity contribution >= 4 is 40.8 Å². The Balaban J connectivity index is 1.30. The number of nitrogens with zero attached hydrogens (tertiary/aromatic N) is 2. The number of nitrogens with one attached hydrogen (secondary N) is 3. The maximum absolute atomic E-state index is 14.0. The van der Waals surface area contributed by atoms with Crippen molar-refractivity contribution in [3.05, 3.63) is 107 Å². The first-order valence-corrected chi connectivity index (χ1v) is 16.5. The number of ether oxygens (including phenoxy) is 2. The second kappa shape index (κ2) is 15.8. The van der Waals surface area contributed by atoms with Crippen molar-refractivity contribution in [2.24, 2.45) is 0 Å². The van der Waals surface area contributed by atoms with Crippen LogP contribution in [0.25, 0.3) is 0 Å². The monoisotopic (exact) mass is 631 g/mol. The predicted molar refractivity (Wildman–Crippen MR) is 174 cm³/mol. The van der Waals surface area contributed by atoms with Gasteiger partial charge in [0.1, 0.15) is 11.6 Å². The fraction of sp³-hybridized carbons (Fsp3) is 0.333. The number of thioether (sulfide) groups is 1. The van der Waals surface area contributed by atoms with Gasteiger partial charge >= 0.3 is 6.09 Å². The van der Waals surface area contributed by atoms with Crippen LogP contribution in [0.4, 0.5) is 10.5 Å². The molecule has 0 bridgehead atoms. The summed E-state index contributed by atoms with van der Waals surface area (Å²) in [4.78, 5) is 26.5. The Morgan fingerprint density at radius 2 is 1.73 bits per heavy atom. The molecule has 3 N–H and O–H groups in total. The molecular formula is C33H37N5O4S2. The molecule has 11 heteroatoms. The van der Waals surface area contributed by atoms with Crippen molar-refractivity contribution in [1.82, 2.24) is 20.8 Å². The Hall–Kier alpha value is -3.77. The van der Waals surface area contributed by atoms with Crippen LogP contribution >= 0.6 is 23.1 Å². The molecule has 1 aromatic heterocycles. The van der Waals surface area contributed by atoms with Gasteiger partial charge in [0.05, 0.1) is 19.3 Å². The lowest BCUT2D eigenvalue weighted by Crippen LogP contribution is -2.52. The summed E-state index contributed by atoms with van der Waals surface area (Å²) in [5.74, 6) is 0.0199. The van der Waals surface area contributed by atoms with Gasteiger partial charge in [0.25, 0.3) is 0 Å². The second-order valence-corrected chi connectivity index (χ2v) is 12.7. The molecule has 1 saturated heterocycles. The van der Waals surface area contributed by atoms with E-state index in [1.165, 1.54) is 18.4 Å². The highest BCUT2D eigenvalue weighted by molar-refractivity contribution is 8.01. The Morgan fingerprint density at radius 3 is 2.39 bits per heavy atom. The molecule has 5 rings (SSSR count). The van der Waals surface area contributed by atoms with Gasteiger partial charge in [0.15, 0.2) is 4.34 Å². The van der Waals surface area contributed by atoms with E-state index < -0.39 is 18.1 Å². The molecule has 2 amide bonds. The van der Waals surface area contributed by atoms with Gasteiger partial charge in [0, 0.05) is 29.9 Å². The number of methoxy groups -OCH3 is 1. The zero-order valence-electron chi connectivity index (χ0n) is 24.7. The van der Waals surface area contributed by atoms with Crippen molar-refractivity contribution in [1.29, 1.82) is 0 Å². The maximum atomic E-state index is 14.0.